The molecule has 1 heterocycles. The molecule has 2 amide bonds. The largest absolute Gasteiger partial charge is 0.493 e. The van der Waals surface area contributed by atoms with Crippen molar-refractivity contribution in [1.29, 1.82) is 0 Å². The average molecular weight is 412 g/mol. The number of halogens is 1. The van der Waals surface area contributed by atoms with Gasteiger partial charge in [-0.25, -0.2) is 0 Å². The molecular weight excluding hydrogens is 382 g/mol. The summed E-state index contributed by atoms with van der Waals surface area (Å²) in [5.41, 5.74) is 6.41. The highest BCUT2D eigenvalue weighted by atomic mass is 35.5. The van der Waals surface area contributed by atoms with Gasteiger partial charge in [0.15, 0.2) is 18.1 Å². The fourth-order valence-electron chi connectivity index (χ4n) is 3.09. The first-order chi connectivity index (χ1) is 13.1. The van der Waals surface area contributed by atoms with Gasteiger partial charge in [-0.2, -0.15) is 0 Å². The van der Waals surface area contributed by atoms with E-state index in [0.717, 1.165) is 18.4 Å². The van der Waals surface area contributed by atoms with Crippen molar-refractivity contribution < 1.29 is 19.1 Å². The minimum atomic E-state index is -0.191. The zero-order chi connectivity index (χ0) is 19.6. The Balaban J connectivity index is 0.00000392. The zero-order valence-corrected chi connectivity index (χ0v) is 17.3. The minimum absolute atomic E-state index is 0. The summed E-state index contributed by atoms with van der Waals surface area (Å²) in [6.45, 7) is 3.77. The van der Waals surface area contributed by atoms with E-state index < -0.39 is 0 Å². The van der Waals surface area contributed by atoms with E-state index in [2.05, 4.69) is 5.32 Å². The SMILES string of the molecule is C/C=C/c1ccc(OCC(=O)N2CCCC(C(=O)NCCN)C2)c(OC)c1.Cl. The van der Waals surface area contributed by atoms with E-state index in [1.165, 1.54) is 0 Å². The van der Waals surface area contributed by atoms with Crippen LogP contribution in [0.4, 0.5) is 0 Å². The van der Waals surface area contributed by atoms with Gasteiger partial charge < -0.3 is 25.4 Å². The second kappa shape index (κ2) is 12.3. The van der Waals surface area contributed by atoms with Crippen LogP contribution in [0.2, 0.25) is 0 Å². The highest BCUT2D eigenvalue weighted by molar-refractivity contribution is 5.85. The summed E-state index contributed by atoms with van der Waals surface area (Å²) < 4.78 is 11.0. The Morgan fingerprint density at radius 1 is 1.36 bits per heavy atom. The van der Waals surface area contributed by atoms with Crippen molar-refractivity contribution in [1.82, 2.24) is 10.2 Å². The number of ether oxygens (including phenoxy) is 2. The van der Waals surface area contributed by atoms with E-state index in [9.17, 15) is 9.59 Å². The number of hydrogen-bond acceptors (Lipinski definition) is 5. The summed E-state index contributed by atoms with van der Waals surface area (Å²) in [5.74, 6) is 0.736. The summed E-state index contributed by atoms with van der Waals surface area (Å²) in [6.07, 6.45) is 5.48. The number of nitrogens with zero attached hydrogens (tertiary/aromatic N) is 1. The third-order valence-corrected chi connectivity index (χ3v) is 4.49. The van der Waals surface area contributed by atoms with Crippen LogP contribution in [0.5, 0.6) is 11.5 Å². The minimum Gasteiger partial charge on any atom is -0.493 e. The van der Waals surface area contributed by atoms with Gasteiger partial charge in [0, 0.05) is 26.2 Å². The summed E-state index contributed by atoms with van der Waals surface area (Å²) in [4.78, 5) is 26.3. The maximum Gasteiger partial charge on any atom is 0.260 e. The van der Waals surface area contributed by atoms with Crippen LogP contribution >= 0.6 is 12.4 Å². The van der Waals surface area contributed by atoms with Crippen molar-refractivity contribution in [2.75, 3.05) is 39.9 Å². The zero-order valence-electron chi connectivity index (χ0n) is 16.5. The normalized spacial score (nSPS) is 16.4. The molecule has 1 aromatic rings. The first-order valence-corrected chi connectivity index (χ1v) is 9.28. The van der Waals surface area contributed by atoms with Crippen LogP contribution in [0.3, 0.4) is 0 Å². The summed E-state index contributed by atoms with van der Waals surface area (Å²) in [5, 5.41) is 2.79. The van der Waals surface area contributed by atoms with Crippen molar-refractivity contribution in [2.45, 2.75) is 19.8 Å². The monoisotopic (exact) mass is 411 g/mol. The molecule has 0 radical (unpaired) electrons. The molecular formula is C20H30ClN3O4. The van der Waals surface area contributed by atoms with Crippen molar-refractivity contribution in [3.8, 4) is 11.5 Å². The lowest BCUT2D eigenvalue weighted by Gasteiger charge is -2.32. The molecule has 8 heteroatoms. The van der Waals surface area contributed by atoms with Crippen molar-refractivity contribution in [3.63, 3.8) is 0 Å². The lowest BCUT2D eigenvalue weighted by Crippen LogP contribution is -2.47. The molecule has 1 aromatic carbocycles. The Labute approximate surface area is 172 Å². The molecule has 1 saturated heterocycles. The van der Waals surface area contributed by atoms with Gasteiger partial charge in [0.25, 0.3) is 5.91 Å². The van der Waals surface area contributed by atoms with E-state index in [1.807, 2.05) is 31.2 Å². The average Bonchev–Trinajstić information content (AvgIpc) is 2.70. The molecule has 2 rings (SSSR count). The Bertz CT molecular complexity index is 681. The van der Waals surface area contributed by atoms with Gasteiger partial charge in [0.2, 0.25) is 5.91 Å². The van der Waals surface area contributed by atoms with E-state index in [1.54, 1.807) is 18.1 Å². The van der Waals surface area contributed by atoms with Gasteiger partial charge in [-0.3, -0.25) is 9.59 Å². The number of piperidine rings is 1. The predicted octanol–water partition coefficient (Wildman–Crippen LogP) is 1.84. The molecule has 1 fully saturated rings. The van der Waals surface area contributed by atoms with E-state index >= 15 is 0 Å². The van der Waals surface area contributed by atoms with E-state index in [4.69, 9.17) is 15.2 Å². The van der Waals surface area contributed by atoms with E-state index in [0.29, 0.717) is 37.7 Å². The van der Waals surface area contributed by atoms with Crippen LogP contribution in [0.25, 0.3) is 6.08 Å². The molecule has 0 aliphatic carbocycles. The molecule has 1 aliphatic rings. The highest BCUT2D eigenvalue weighted by Gasteiger charge is 2.28. The van der Waals surface area contributed by atoms with Crippen molar-refractivity contribution >= 4 is 30.3 Å². The quantitative estimate of drug-likeness (QED) is 0.680. The topological polar surface area (TPSA) is 93.9 Å². The van der Waals surface area contributed by atoms with Gasteiger partial charge in [0.05, 0.1) is 13.0 Å². The van der Waals surface area contributed by atoms with Gasteiger partial charge in [0.1, 0.15) is 0 Å². The third kappa shape index (κ3) is 6.73. The third-order valence-electron chi connectivity index (χ3n) is 4.49. The first-order valence-electron chi connectivity index (χ1n) is 9.28. The highest BCUT2D eigenvalue weighted by Crippen LogP contribution is 2.28. The molecule has 7 nitrogen and oxygen atoms in total. The number of likely N-dealkylation sites (tertiary alicyclic amines) is 1. The molecule has 3 N–H and O–H groups in total. The second-order valence-electron chi connectivity index (χ2n) is 6.46. The van der Waals surface area contributed by atoms with E-state index in [-0.39, 0.29) is 36.7 Å². The van der Waals surface area contributed by atoms with Crippen LogP contribution in [-0.4, -0.2) is 56.6 Å². The van der Waals surface area contributed by atoms with Gasteiger partial charge in [-0.1, -0.05) is 18.2 Å². The van der Waals surface area contributed by atoms with Gasteiger partial charge in [-0.05, 0) is 37.5 Å². The lowest BCUT2D eigenvalue weighted by atomic mass is 9.97. The molecule has 0 saturated carbocycles. The van der Waals surface area contributed by atoms with Crippen LogP contribution in [-0.2, 0) is 9.59 Å². The van der Waals surface area contributed by atoms with Crippen molar-refractivity contribution in [3.05, 3.63) is 29.8 Å². The Kier molecular flexibility index (Phi) is 10.4. The molecule has 1 aliphatic heterocycles. The van der Waals surface area contributed by atoms with Crippen molar-refractivity contribution in [2.24, 2.45) is 11.7 Å². The number of benzene rings is 1. The summed E-state index contributed by atoms with van der Waals surface area (Å²) in [6, 6.07) is 5.56. The molecule has 0 spiro atoms. The smallest absolute Gasteiger partial charge is 0.260 e. The number of methoxy groups -OCH3 is 1. The Morgan fingerprint density at radius 2 is 2.14 bits per heavy atom. The maximum absolute atomic E-state index is 12.5. The second-order valence-corrected chi connectivity index (χ2v) is 6.46. The Hall–Kier alpha value is -2.25. The van der Waals surface area contributed by atoms with Crippen LogP contribution < -0.4 is 20.5 Å². The lowest BCUT2D eigenvalue weighted by molar-refractivity contribution is -0.137. The molecule has 1 unspecified atom stereocenters. The Morgan fingerprint density at radius 3 is 2.82 bits per heavy atom. The number of carbonyl (C=O) groups excluding carboxylic acids is 2. The fraction of sp³-hybridized carbons (Fsp3) is 0.500. The molecule has 0 bridgehead atoms. The standard InChI is InChI=1S/C20H29N3O4.ClH/c1-3-5-15-7-8-17(18(12-15)26-2)27-14-19(24)23-11-4-6-16(13-23)20(25)22-10-9-21;/h3,5,7-8,12,16H,4,6,9-11,13-14,21H2,1-2H3,(H,22,25);1H/b5-3+;. The van der Waals surface area contributed by atoms with Crippen LogP contribution in [0, 0.1) is 5.92 Å². The molecule has 0 aromatic heterocycles. The number of hydrogen-bond donors (Lipinski definition) is 2. The fourth-order valence-corrected chi connectivity index (χ4v) is 3.09. The number of carbonyl (C=O) groups is 2. The number of nitrogens with one attached hydrogen (secondary N) is 1. The summed E-state index contributed by atoms with van der Waals surface area (Å²) >= 11 is 0. The van der Waals surface area contributed by atoms with Crippen LogP contribution in [0.1, 0.15) is 25.3 Å². The summed E-state index contributed by atoms with van der Waals surface area (Å²) in [7, 11) is 1.57. The maximum atomic E-state index is 12.5. The number of nitrogens with two attached hydrogens (primary N) is 1. The number of amides is 2. The van der Waals surface area contributed by atoms with Gasteiger partial charge >= 0.3 is 0 Å². The number of rotatable bonds is 8. The molecule has 1 atom stereocenters. The van der Waals surface area contributed by atoms with Gasteiger partial charge in [-0.15, -0.1) is 12.4 Å². The number of allylic oxidation sites excluding steroid dienone is 1. The molecule has 156 valence electrons. The van der Waals surface area contributed by atoms with Crippen LogP contribution in [0.15, 0.2) is 24.3 Å². The predicted molar refractivity (Wildman–Crippen MR) is 112 cm³/mol. The molecule has 28 heavy (non-hydrogen) atoms. The first kappa shape index (κ1) is 23.8.